The molecule has 0 spiro atoms. The topological polar surface area (TPSA) is 104 Å². The zero-order valence-electron chi connectivity index (χ0n) is 23.7. The second-order valence-corrected chi connectivity index (χ2v) is 14.5. The molecule has 42 heavy (non-hydrogen) atoms. The lowest BCUT2D eigenvalue weighted by Crippen LogP contribution is -2.62. The summed E-state index contributed by atoms with van der Waals surface area (Å²) in [5.74, 6) is -20.0. The third kappa shape index (κ3) is 17.2. The minimum absolute atomic E-state index is 0.00887. The molecule has 0 aromatic heterocycles. The summed E-state index contributed by atoms with van der Waals surface area (Å²) in [7, 11) is -8.78. The van der Waals surface area contributed by atoms with Gasteiger partial charge in [0.2, 0.25) is 0 Å². The first kappa shape index (κ1) is 41.7. The SMILES string of the molecule is O=P(O)(O)CCCCCCCCCCCCCCCCCCCCP(=O)(O)OCC(F)(F)C(F)(F)C(F)(F)C(F)(F)F. The molecule has 0 bridgehead atoms. The van der Waals surface area contributed by atoms with Gasteiger partial charge in [0.1, 0.15) is 6.61 Å². The fraction of sp³-hybridized carbons (Fsp3) is 1.00. The Morgan fingerprint density at radius 2 is 0.738 bits per heavy atom. The van der Waals surface area contributed by atoms with Crippen molar-refractivity contribution in [3.63, 3.8) is 0 Å². The molecule has 0 rings (SSSR count). The Morgan fingerprint density at radius 1 is 0.452 bits per heavy atom. The van der Waals surface area contributed by atoms with E-state index >= 15 is 0 Å². The van der Waals surface area contributed by atoms with Crippen LogP contribution in [-0.4, -0.2) is 57.6 Å². The number of rotatable bonds is 26. The highest BCUT2D eigenvalue weighted by atomic mass is 31.2. The van der Waals surface area contributed by atoms with Gasteiger partial charge in [-0.3, -0.25) is 9.13 Å². The smallest absolute Gasteiger partial charge is 0.324 e. The van der Waals surface area contributed by atoms with E-state index in [1.165, 1.54) is 0 Å². The van der Waals surface area contributed by atoms with Gasteiger partial charge >= 0.3 is 39.1 Å². The third-order valence-corrected chi connectivity index (χ3v) is 9.11. The van der Waals surface area contributed by atoms with E-state index in [4.69, 9.17) is 9.79 Å². The Kier molecular flexibility index (Phi) is 19.1. The van der Waals surface area contributed by atoms with Gasteiger partial charge in [0.25, 0.3) is 0 Å². The predicted molar refractivity (Wildman–Crippen MR) is 142 cm³/mol. The first-order valence-electron chi connectivity index (χ1n) is 14.4. The zero-order valence-corrected chi connectivity index (χ0v) is 25.5. The van der Waals surface area contributed by atoms with Gasteiger partial charge in [0, 0.05) is 12.3 Å². The van der Waals surface area contributed by atoms with Crippen molar-refractivity contribution in [2.45, 2.75) is 140 Å². The van der Waals surface area contributed by atoms with Crippen LogP contribution >= 0.6 is 15.2 Å². The average Bonchev–Trinajstić information content (AvgIpc) is 2.85. The molecular weight excluding hydrogens is 629 g/mol. The highest BCUT2D eigenvalue weighted by molar-refractivity contribution is 7.52. The van der Waals surface area contributed by atoms with Gasteiger partial charge in [0.05, 0.1) is 0 Å². The number of hydrogen-bond acceptors (Lipinski definition) is 3. The van der Waals surface area contributed by atoms with Gasteiger partial charge in [-0.05, 0) is 12.8 Å². The molecule has 0 radical (unpaired) electrons. The van der Waals surface area contributed by atoms with Crippen molar-refractivity contribution in [1.29, 1.82) is 0 Å². The Hall–Kier alpha value is -0.330. The van der Waals surface area contributed by atoms with Crippen molar-refractivity contribution < 1.29 is 67.8 Å². The van der Waals surface area contributed by atoms with Crippen molar-refractivity contribution in [2.75, 3.05) is 18.9 Å². The molecule has 0 aliphatic carbocycles. The number of hydrogen-bond donors (Lipinski definition) is 3. The van der Waals surface area contributed by atoms with Crippen LogP contribution in [0.1, 0.15) is 116 Å². The Balaban J connectivity index is 3.78. The molecule has 0 aliphatic heterocycles. The van der Waals surface area contributed by atoms with Crippen molar-refractivity contribution >= 4 is 15.2 Å². The first-order chi connectivity index (χ1) is 19.2. The standard InChI is InChI=1S/C25H45F9O6P2/c26-22(27,23(28,29)24(30,31)25(32,33)34)21-40-42(38,39)20-18-16-14-12-10-8-6-4-2-1-3-5-7-9-11-13-15-17-19-41(35,36)37/h1-21H2,(H,38,39)(H2,35,36,37). The molecule has 0 saturated heterocycles. The maximum atomic E-state index is 13.4. The average molecular weight is 675 g/mol. The Bertz CT molecular complexity index is 823. The summed E-state index contributed by atoms with van der Waals surface area (Å²) in [4.78, 5) is 27.1. The maximum absolute atomic E-state index is 13.4. The third-order valence-electron chi connectivity index (χ3n) is 6.80. The molecule has 0 saturated carbocycles. The molecular formula is C25H45F9O6P2. The van der Waals surface area contributed by atoms with Gasteiger partial charge in [0.15, 0.2) is 0 Å². The van der Waals surface area contributed by atoms with Crippen LogP contribution in [0.5, 0.6) is 0 Å². The van der Waals surface area contributed by atoms with E-state index in [2.05, 4.69) is 4.52 Å². The molecule has 1 unspecified atom stereocenters. The summed E-state index contributed by atoms with van der Waals surface area (Å²) < 4.78 is 142. The van der Waals surface area contributed by atoms with E-state index in [9.17, 15) is 53.5 Å². The van der Waals surface area contributed by atoms with Gasteiger partial charge in [-0.25, -0.2) is 0 Å². The van der Waals surface area contributed by atoms with Crippen molar-refractivity contribution in [3.05, 3.63) is 0 Å². The fourth-order valence-electron chi connectivity index (χ4n) is 4.20. The van der Waals surface area contributed by atoms with E-state index in [0.717, 1.165) is 89.9 Å². The van der Waals surface area contributed by atoms with Crippen LogP contribution in [0.4, 0.5) is 39.5 Å². The van der Waals surface area contributed by atoms with Crippen LogP contribution in [0.25, 0.3) is 0 Å². The lowest BCUT2D eigenvalue weighted by molar-refractivity contribution is -0.398. The number of alkyl halides is 9. The van der Waals surface area contributed by atoms with Crippen molar-refractivity contribution in [2.24, 2.45) is 0 Å². The van der Waals surface area contributed by atoms with Crippen LogP contribution in [0.2, 0.25) is 0 Å². The number of halogens is 9. The molecule has 3 N–H and O–H groups in total. The molecule has 254 valence electrons. The molecule has 17 heteroatoms. The van der Waals surface area contributed by atoms with Crippen LogP contribution in [0.15, 0.2) is 0 Å². The maximum Gasteiger partial charge on any atom is 0.460 e. The van der Waals surface area contributed by atoms with E-state index < -0.39 is 51.9 Å². The van der Waals surface area contributed by atoms with E-state index in [1.54, 1.807) is 0 Å². The van der Waals surface area contributed by atoms with Crippen molar-refractivity contribution in [1.82, 2.24) is 0 Å². The first-order valence-corrected chi connectivity index (χ1v) is 17.9. The van der Waals surface area contributed by atoms with Crippen LogP contribution < -0.4 is 0 Å². The molecule has 0 aromatic carbocycles. The second kappa shape index (κ2) is 19.2. The summed E-state index contributed by atoms with van der Waals surface area (Å²) in [5, 5.41) is 0. The quantitative estimate of drug-likeness (QED) is 0.0480. The second-order valence-electron chi connectivity index (χ2n) is 10.7. The summed E-state index contributed by atoms with van der Waals surface area (Å²) in [6.07, 6.45) is 8.49. The molecule has 1 atom stereocenters. The highest BCUT2D eigenvalue weighted by Gasteiger charge is 2.81. The Morgan fingerprint density at radius 3 is 1.02 bits per heavy atom. The minimum Gasteiger partial charge on any atom is -0.324 e. The van der Waals surface area contributed by atoms with Crippen molar-refractivity contribution in [3.8, 4) is 0 Å². The van der Waals surface area contributed by atoms with Crippen LogP contribution in [-0.2, 0) is 13.7 Å². The van der Waals surface area contributed by atoms with Gasteiger partial charge < -0.3 is 19.2 Å². The largest absolute Gasteiger partial charge is 0.460 e. The molecule has 0 aromatic rings. The van der Waals surface area contributed by atoms with Crippen LogP contribution in [0, 0.1) is 0 Å². The normalized spacial score (nSPS) is 15.2. The zero-order chi connectivity index (χ0) is 32.6. The molecule has 0 amide bonds. The number of unbranched alkanes of at least 4 members (excludes halogenated alkanes) is 17. The fourth-order valence-corrected chi connectivity index (χ4v) is 5.95. The highest BCUT2D eigenvalue weighted by Crippen LogP contribution is 2.54. The molecule has 6 nitrogen and oxygen atoms in total. The molecule has 0 heterocycles. The summed E-state index contributed by atoms with van der Waals surface area (Å²) >= 11 is 0. The van der Waals surface area contributed by atoms with Gasteiger partial charge in [-0.2, -0.15) is 39.5 Å². The van der Waals surface area contributed by atoms with E-state index in [1.807, 2.05) is 0 Å². The minimum atomic E-state index is -7.07. The lowest BCUT2D eigenvalue weighted by Gasteiger charge is -2.33. The van der Waals surface area contributed by atoms with Gasteiger partial charge in [-0.1, -0.05) is 103 Å². The van der Waals surface area contributed by atoms with Gasteiger partial charge in [-0.15, -0.1) is 0 Å². The summed E-state index contributed by atoms with van der Waals surface area (Å²) in [5.41, 5.74) is 0. The summed E-state index contributed by atoms with van der Waals surface area (Å²) in [6.45, 7) is -2.77. The van der Waals surface area contributed by atoms with E-state index in [-0.39, 0.29) is 12.6 Å². The summed E-state index contributed by atoms with van der Waals surface area (Å²) in [6, 6.07) is 0. The van der Waals surface area contributed by atoms with E-state index in [0.29, 0.717) is 19.3 Å². The Labute approximate surface area is 241 Å². The predicted octanol–water partition coefficient (Wildman–Crippen LogP) is 9.86. The monoisotopic (exact) mass is 674 g/mol. The lowest BCUT2D eigenvalue weighted by atomic mass is 10.0. The molecule has 0 fully saturated rings. The molecule has 0 aliphatic rings. The van der Waals surface area contributed by atoms with Crippen LogP contribution in [0.3, 0.4) is 0 Å².